The van der Waals surface area contributed by atoms with Gasteiger partial charge in [-0.25, -0.2) is 0 Å². The predicted molar refractivity (Wildman–Crippen MR) is 78.2 cm³/mol. The highest BCUT2D eigenvalue weighted by molar-refractivity contribution is 5.11. The van der Waals surface area contributed by atoms with Crippen LogP contribution in [0.4, 0.5) is 0 Å². The lowest BCUT2D eigenvalue weighted by molar-refractivity contribution is 0.152. The summed E-state index contributed by atoms with van der Waals surface area (Å²) in [6.07, 6.45) is 9.20. The Morgan fingerprint density at radius 3 is 2.74 bits per heavy atom. The van der Waals surface area contributed by atoms with Crippen LogP contribution in [0.2, 0.25) is 0 Å². The molecule has 1 aliphatic rings. The third kappa shape index (κ3) is 4.07. The lowest BCUT2D eigenvalue weighted by atomic mass is 9.98. The van der Waals surface area contributed by atoms with Gasteiger partial charge in [-0.3, -0.25) is 4.68 Å². The molecule has 3 nitrogen and oxygen atoms in total. The maximum atomic E-state index is 10.2. The molecule has 0 radical (unpaired) electrons. The number of aliphatic hydroxyl groups excluding tert-OH is 1. The Bertz CT molecular complexity index is 380. The number of rotatable bonds is 7. The molecule has 1 saturated carbocycles. The van der Waals surface area contributed by atoms with Crippen molar-refractivity contribution >= 4 is 0 Å². The summed E-state index contributed by atoms with van der Waals surface area (Å²) in [6, 6.07) is 2.16. The second kappa shape index (κ2) is 7.09. The van der Waals surface area contributed by atoms with E-state index < -0.39 is 0 Å². The van der Waals surface area contributed by atoms with Gasteiger partial charge in [-0.15, -0.1) is 0 Å². The van der Waals surface area contributed by atoms with Gasteiger partial charge in [0.15, 0.2) is 0 Å². The molecule has 0 spiro atoms. The monoisotopic (exact) mass is 264 g/mol. The third-order valence-electron chi connectivity index (χ3n) is 4.40. The molecule has 0 aliphatic heterocycles. The highest BCUT2D eigenvalue weighted by atomic mass is 16.3. The molecule has 0 saturated heterocycles. The minimum Gasteiger partial charge on any atom is -0.393 e. The first-order valence-corrected chi connectivity index (χ1v) is 7.96. The van der Waals surface area contributed by atoms with Gasteiger partial charge < -0.3 is 5.11 Å². The van der Waals surface area contributed by atoms with E-state index in [9.17, 15) is 5.11 Å². The van der Waals surface area contributed by atoms with Crippen LogP contribution in [0.1, 0.15) is 63.8 Å². The zero-order valence-electron chi connectivity index (χ0n) is 12.4. The maximum Gasteiger partial charge on any atom is 0.0624 e. The van der Waals surface area contributed by atoms with Gasteiger partial charge in [-0.05, 0) is 38.2 Å². The minimum absolute atomic E-state index is 0.202. The van der Waals surface area contributed by atoms with Crippen molar-refractivity contribution < 1.29 is 5.11 Å². The van der Waals surface area contributed by atoms with Crippen LogP contribution in [0.3, 0.4) is 0 Å². The van der Waals surface area contributed by atoms with E-state index in [4.69, 9.17) is 0 Å². The summed E-state index contributed by atoms with van der Waals surface area (Å²) in [7, 11) is 0. The molecule has 0 amide bonds. The van der Waals surface area contributed by atoms with Crippen LogP contribution in [0, 0.1) is 5.92 Å². The lowest BCUT2D eigenvalue weighted by Gasteiger charge is -2.14. The topological polar surface area (TPSA) is 38.0 Å². The first-order valence-electron chi connectivity index (χ1n) is 7.96. The summed E-state index contributed by atoms with van der Waals surface area (Å²) in [4.78, 5) is 0. The molecular weight excluding hydrogens is 236 g/mol. The molecule has 2 rings (SSSR count). The molecular formula is C16H28N2O. The van der Waals surface area contributed by atoms with Crippen LogP contribution < -0.4 is 0 Å². The van der Waals surface area contributed by atoms with Crippen LogP contribution >= 0.6 is 0 Å². The van der Waals surface area contributed by atoms with Gasteiger partial charge in [0.05, 0.1) is 11.8 Å². The third-order valence-corrected chi connectivity index (χ3v) is 4.40. The molecule has 1 aromatic heterocycles. The van der Waals surface area contributed by atoms with Gasteiger partial charge in [0.25, 0.3) is 0 Å². The van der Waals surface area contributed by atoms with Crippen LogP contribution in [0.25, 0.3) is 0 Å². The smallest absolute Gasteiger partial charge is 0.0624 e. The molecule has 1 heterocycles. The van der Waals surface area contributed by atoms with Crippen LogP contribution in [0.15, 0.2) is 6.07 Å². The van der Waals surface area contributed by atoms with Crippen molar-refractivity contribution in [3.63, 3.8) is 0 Å². The van der Waals surface area contributed by atoms with E-state index in [1.807, 2.05) is 4.68 Å². The Morgan fingerprint density at radius 1 is 1.37 bits per heavy atom. The Labute approximate surface area is 117 Å². The fourth-order valence-corrected chi connectivity index (χ4v) is 3.20. The summed E-state index contributed by atoms with van der Waals surface area (Å²) in [6.45, 7) is 5.13. The first-order chi connectivity index (χ1) is 9.22. The van der Waals surface area contributed by atoms with Crippen LogP contribution in [0.5, 0.6) is 0 Å². The standard InChI is InChI=1S/C16H28N2O/c1-3-14-11-15(18(4-2)17-14)12-16(19)10-9-13-7-5-6-8-13/h11,13,16,19H,3-10,12H2,1-2H3. The molecule has 1 fully saturated rings. The SMILES string of the molecule is CCc1cc(CC(O)CCC2CCCC2)n(CC)n1. The van der Waals surface area contributed by atoms with E-state index in [0.29, 0.717) is 0 Å². The van der Waals surface area contributed by atoms with Crippen molar-refractivity contribution in [2.45, 2.75) is 77.9 Å². The van der Waals surface area contributed by atoms with E-state index in [0.717, 1.165) is 37.4 Å². The van der Waals surface area contributed by atoms with E-state index in [-0.39, 0.29) is 6.10 Å². The van der Waals surface area contributed by atoms with E-state index >= 15 is 0 Å². The molecule has 1 atom stereocenters. The Balaban J connectivity index is 1.83. The van der Waals surface area contributed by atoms with Gasteiger partial charge in [0.2, 0.25) is 0 Å². The number of hydrogen-bond acceptors (Lipinski definition) is 2. The van der Waals surface area contributed by atoms with Crippen molar-refractivity contribution in [1.29, 1.82) is 0 Å². The van der Waals surface area contributed by atoms with Crippen molar-refractivity contribution in [2.75, 3.05) is 0 Å². The Morgan fingerprint density at radius 2 is 2.11 bits per heavy atom. The van der Waals surface area contributed by atoms with Crippen molar-refractivity contribution in [2.24, 2.45) is 5.92 Å². The molecule has 1 N–H and O–H groups in total. The predicted octanol–water partition coefficient (Wildman–Crippen LogP) is 3.34. The quantitative estimate of drug-likeness (QED) is 0.820. The van der Waals surface area contributed by atoms with Crippen LogP contribution in [-0.4, -0.2) is 21.0 Å². The van der Waals surface area contributed by atoms with Crippen molar-refractivity contribution in [1.82, 2.24) is 9.78 Å². The molecule has 1 aromatic rings. The van der Waals surface area contributed by atoms with Gasteiger partial charge in [-0.2, -0.15) is 5.10 Å². The number of aliphatic hydroxyl groups is 1. The second-order valence-electron chi connectivity index (χ2n) is 5.88. The van der Waals surface area contributed by atoms with Gasteiger partial charge in [-0.1, -0.05) is 32.6 Å². The maximum absolute atomic E-state index is 10.2. The summed E-state index contributed by atoms with van der Waals surface area (Å²) in [5.74, 6) is 0.872. The molecule has 0 aromatic carbocycles. The Kier molecular flexibility index (Phi) is 5.44. The average Bonchev–Trinajstić information content (AvgIpc) is 3.05. The molecule has 1 unspecified atom stereocenters. The lowest BCUT2D eigenvalue weighted by Crippen LogP contribution is -2.15. The number of nitrogens with zero attached hydrogens (tertiary/aromatic N) is 2. The van der Waals surface area contributed by atoms with E-state index in [1.165, 1.54) is 37.8 Å². The molecule has 19 heavy (non-hydrogen) atoms. The van der Waals surface area contributed by atoms with Crippen LogP contribution in [-0.2, 0) is 19.4 Å². The summed E-state index contributed by atoms with van der Waals surface area (Å²) < 4.78 is 2.04. The average molecular weight is 264 g/mol. The van der Waals surface area contributed by atoms with E-state index in [1.54, 1.807) is 0 Å². The fourth-order valence-electron chi connectivity index (χ4n) is 3.20. The van der Waals surface area contributed by atoms with Crippen molar-refractivity contribution in [3.8, 4) is 0 Å². The fraction of sp³-hybridized carbons (Fsp3) is 0.812. The molecule has 1 aliphatic carbocycles. The zero-order chi connectivity index (χ0) is 13.7. The number of aryl methyl sites for hydroxylation is 2. The highest BCUT2D eigenvalue weighted by Gasteiger charge is 2.17. The van der Waals surface area contributed by atoms with Gasteiger partial charge in [0.1, 0.15) is 0 Å². The van der Waals surface area contributed by atoms with Gasteiger partial charge in [0, 0.05) is 18.7 Å². The second-order valence-corrected chi connectivity index (χ2v) is 5.88. The molecule has 108 valence electrons. The summed E-state index contributed by atoms with van der Waals surface area (Å²) in [5.41, 5.74) is 2.33. The highest BCUT2D eigenvalue weighted by Crippen LogP contribution is 2.29. The van der Waals surface area contributed by atoms with Gasteiger partial charge >= 0.3 is 0 Å². The normalized spacial score (nSPS) is 18.1. The Hall–Kier alpha value is -0.830. The number of hydrogen-bond donors (Lipinski definition) is 1. The molecule has 0 bridgehead atoms. The minimum atomic E-state index is -0.202. The van der Waals surface area contributed by atoms with Crippen molar-refractivity contribution in [3.05, 3.63) is 17.5 Å². The zero-order valence-corrected chi connectivity index (χ0v) is 12.4. The first kappa shape index (κ1) is 14.6. The largest absolute Gasteiger partial charge is 0.393 e. The summed E-state index contributed by atoms with van der Waals surface area (Å²) >= 11 is 0. The number of aromatic nitrogens is 2. The molecule has 3 heteroatoms. The summed E-state index contributed by atoms with van der Waals surface area (Å²) in [5, 5.41) is 14.8. The van der Waals surface area contributed by atoms with E-state index in [2.05, 4.69) is 25.0 Å².